The number of sulfonamides is 1. The van der Waals surface area contributed by atoms with E-state index >= 15 is 0 Å². The number of hydrogen-bond acceptors (Lipinski definition) is 5. The van der Waals surface area contributed by atoms with Crippen LogP contribution >= 0.6 is 0 Å². The van der Waals surface area contributed by atoms with Crippen LogP contribution in [0.5, 0.6) is 0 Å². The molecule has 7 heteroatoms. The summed E-state index contributed by atoms with van der Waals surface area (Å²) in [6, 6.07) is 3.17. The fourth-order valence-corrected chi connectivity index (χ4v) is 3.15. The fraction of sp³-hybridized carbons (Fsp3) is 0.692. The lowest BCUT2D eigenvalue weighted by atomic mass is 9.75. The van der Waals surface area contributed by atoms with Crippen molar-refractivity contribution in [1.82, 2.24) is 14.9 Å². The fourth-order valence-electron chi connectivity index (χ4n) is 2.48. The number of nitrogens with zero attached hydrogens (tertiary/aromatic N) is 1. The summed E-state index contributed by atoms with van der Waals surface area (Å²) < 4.78 is 30.7. The Morgan fingerprint density at radius 1 is 1.35 bits per heavy atom. The van der Waals surface area contributed by atoms with Crippen LogP contribution in [0.1, 0.15) is 25.0 Å². The maximum absolute atomic E-state index is 11.6. The van der Waals surface area contributed by atoms with Gasteiger partial charge < -0.3 is 14.6 Å². The second-order valence-electron chi connectivity index (χ2n) is 5.50. The van der Waals surface area contributed by atoms with E-state index in [2.05, 4.69) is 29.0 Å². The second-order valence-corrected chi connectivity index (χ2v) is 7.32. The van der Waals surface area contributed by atoms with Crippen LogP contribution in [-0.4, -0.2) is 46.5 Å². The van der Waals surface area contributed by atoms with Gasteiger partial charge in [-0.25, -0.2) is 13.1 Å². The highest BCUT2D eigenvalue weighted by atomic mass is 32.2. The lowest BCUT2D eigenvalue weighted by Gasteiger charge is -2.47. The van der Waals surface area contributed by atoms with Crippen molar-refractivity contribution < 1.29 is 12.8 Å². The van der Waals surface area contributed by atoms with E-state index in [-0.39, 0.29) is 10.6 Å². The molecular formula is C13H23N3O3S. The molecule has 0 aromatic carbocycles. The number of furan rings is 1. The molecule has 1 aromatic heterocycles. The van der Waals surface area contributed by atoms with Gasteiger partial charge in [-0.1, -0.05) is 0 Å². The molecule has 6 nitrogen and oxygen atoms in total. The minimum absolute atomic E-state index is 0.0391. The van der Waals surface area contributed by atoms with Gasteiger partial charge in [0, 0.05) is 12.1 Å². The molecule has 0 bridgehead atoms. The molecule has 0 saturated heterocycles. The first-order chi connectivity index (χ1) is 9.39. The van der Waals surface area contributed by atoms with Gasteiger partial charge in [0.25, 0.3) is 10.0 Å². The summed E-state index contributed by atoms with van der Waals surface area (Å²) >= 11 is 0. The van der Waals surface area contributed by atoms with Crippen LogP contribution in [0.2, 0.25) is 0 Å². The highest BCUT2D eigenvalue weighted by molar-refractivity contribution is 7.89. The predicted octanol–water partition coefficient (Wildman–Crippen LogP) is 0.762. The van der Waals surface area contributed by atoms with Crippen molar-refractivity contribution in [3.8, 4) is 0 Å². The van der Waals surface area contributed by atoms with E-state index in [0.29, 0.717) is 12.3 Å². The first-order valence-electron chi connectivity index (χ1n) is 6.80. The molecule has 0 spiro atoms. The molecule has 0 amide bonds. The highest BCUT2D eigenvalue weighted by Crippen LogP contribution is 2.35. The highest BCUT2D eigenvalue weighted by Gasteiger charge is 2.38. The number of nitrogens with one attached hydrogen (secondary N) is 2. The summed E-state index contributed by atoms with van der Waals surface area (Å²) in [5, 5.41) is 3.32. The Kier molecular flexibility index (Phi) is 4.53. The van der Waals surface area contributed by atoms with E-state index in [9.17, 15) is 8.42 Å². The zero-order valence-corrected chi connectivity index (χ0v) is 13.1. The van der Waals surface area contributed by atoms with E-state index < -0.39 is 10.0 Å². The Hall–Kier alpha value is -0.890. The molecule has 1 saturated carbocycles. The monoisotopic (exact) mass is 301 g/mol. The average molecular weight is 301 g/mol. The Labute approximate surface area is 120 Å². The minimum atomic E-state index is -3.49. The molecule has 0 atom stereocenters. The van der Waals surface area contributed by atoms with Crippen LogP contribution in [0, 0.1) is 0 Å². The summed E-state index contributed by atoms with van der Waals surface area (Å²) in [6.07, 6.45) is 3.67. The average Bonchev–Trinajstić information content (AvgIpc) is 2.81. The van der Waals surface area contributed by atoms with E-state index in [1.165, 1.54) is 32.4 Å². The van der Waals surface area contributed by atoms with Crippen molar-refractivity contribution in [3.05, 3.63) is 17.9 Å². The van der Waals surface area contributed by atoms with Crippen molar-refractivity contribution >= 4 is 10.0 Å². The molecule has 2 rings (SSSR count). The van der Waals surface area contributed by atoms with Crippen LogP contribution in [0.4, 0.5) is 0 Å². The minimum Gasteiger partial charge on any atom is -0.447 e. The summed E-state index contributed by atoms with van der Waals surface area (Å²) in [5.74, 6) is 0.632. The molecule has 0 unspecified atom stereocenters. The lowest BCUT2D eigenvalue weighted by Crippen LogP contribution is -2.56. The molecule has 114 valence electrons. The van der Waals surface area contributed by atoms with Crippen LogP contribution in [0.15, 0.2) is 21.6 Å². The summed E-state index contributed by atoms with van der Waals surface area (Å²) in [6.45, 7) is 1.42. The van der Waals surface area contributed by atoms with Gasteiger partial charge in [0.05, 0.1) is 6.54 Å². The standard InChI is InChI=1S/C13H23N3O3S/c1-14-20(17,18)12-6-5-11(19-12)9-15-10-13(16(2)3)7-4-8-13/h5-6,14-15H,4,7-10H2,1-3H3. The topological polar surface area (TPSA) is 74.6 Å². The molecule has 1 aliphatic rings. The Morgan fingerprint density at radius 3 is 2.55 bits per heavy atom. The molecule has 2 N–H and O–H groups in total. The van der Waals surface area contributed by atoms with Gasteiger partial charge in [-0.15, -0.1) is 0 Å². The molecule has 1 aliphatic carbocycles. The van der Waals surface area contributed by atoms with E-state index in [1.54, 1.807) is 6.07 Å². The Balaban J connectivity index is 1.89. The predicted molar refractivity (Wildman–Crippen MR) is 76.9 cm³/mol. The van der Waals surface area contributed by atoms with Crippen molar-refractivity contribution in [2.75, 3.05) is 27.7 Å². The zero-order valence-electron chi connectivity index (χ0n) is 12.3. The number of rotatable bonds is 7. The van der Waals surface area contributed by atoms with Crippen molar-refractivity contribution in [2.24, 2.45) is 0 Å². The summed E-state index contributed by atoms with van der Waals surface area (Å²) in [7, 11) is 2.08. The number of likely N-dealkylation sites (N-methyl/N-ethyl adjacent to an activating group) is 1. The zero-order chi connectivity index (χ0) is 14.8. The number of hydrogen-bond donors (Lipinski definition) is 2. The normalized spacial score (nSPS) is 18.2. The third kappa shape index (κ3) is 3.06. The maximum Gasteiger partial charge on any atom is 0.273 e. The van der Waals surface area contributed by atoms with Crippen LogP contribution in [0.25, 0.3) is 0 Å². The molecule has 20 heavy (non-hydrogen) atoms. The largest absolute Gasteiger partial charge is 0.447 e. The quantitative estimate of drug-likeness (QED) is 0.778. The van der Waals surface area contributed by atoms with Crippen LogP contribution < -0.4 is 10.0 Å². The van der Waals surface area contributed by atoms with Gasteiger partial charge in [-0.2, -0.15) is 0 Å². The van der Waals surface area contributed by atoms with Gasteiger partial charge in [0.2, 0.25) is 5.09 Å². The van der Waals surface area contributed by atoms with E-state index in [1.807, 2.05) is 0 Å². The van der Waals surface area contributed by atoms with Gasteiger partial charge in [-0.3, -0.25) is 0 Å². The van der Waals surface area contributed by atoms with E-state index in [4.69, 9.17) is 4.42 Å². The van der Waals surface area contributed by atoms with Gasteiger partial charge in [-0.05, 0) is 52.5 Å². The smallest absolute Gasteiger partial charge is 0.273 e. The van der Waals surface area contributed by atoms with Crippen molar-refractivity contribution in [1.29, 1.82) is 0 Å². The summed E-state index contributed by atoms with van der Waals surface area (Å²) in [5.41, 5.74) is 0.243. The molecule has 1 heterocycles. The van der Waals surface area contributed by atoms with Gasteiger partial charge in [0.15, 0.2) is 0 Å². The third-order valence-corrected chi connectivity index (χ3v) is 5.44. The van der Waals surface area contributed by atoms with Crippen molar-refractivity contribution in [3.63, 3.8) is 0 Å². The molecule has 1 aromatic rings. The summed E-state index contributed by atoms with van der Waals surface area (Å²) in [4.78, 5) is 2.27. The SMILES string of the molecule is CNS(=O)(=O)c1ccc(CNCC2(N(C)C)CCC2)o1. The molecule has 0 aliphatic heterocycles. The first kappa shape index (κ1) is 15.5. The molecule has 1 fully saturated rings. The third-order valence-electron chi connectivity index (χ3n) is 4.16. The maximum atomic E-state index is 11.6. The van der Waals surface area contributed by atoms with Crippen molar-refractivity contribution in [2.45, 2.75) is 36.4 Å². The lowest BCUT2D eigenvalue weighted by molar-refractivity contribution is 0.0593. The van der Waals surface area contributed by atoms with Gasteiger partial charge in [0.1, 0.15) is 5.76 Å². The first-order valence-corrected chi connectivity index (χ1v) is 8.28. The Bertz CT molecular complexity index is 547. The van der Waals surface area contributed by atoms with Gasteiger partial charge >= 0.3 is 0 Å². The van der Waals surface area contributed by atoms with Crippen LogP contribution in [0.3, 0.4) is 0 Å². The van der Waals surface area contributed by atoms with Crippen LogP contribution in [-0.2, 0) is 16.6 Å². The molecular weight excluding hydrogens is 278 g/mol. The van der Waals surface area contributed by atoms with E-state index in [0.717, 1.165) is 6.54 Å². The Morgan fingerprint density at radius 2 is 2.05 bits per heavy atom. The molecule has 0 radical (unpaired) electrons. The second kappa shape index (κ2) is 5.85.